The third-order valence-corrected chi connectivity index (χ3v) is 4.94. The summed E-state index contributed by atoms with van der Waals surface area (Å²) in [6.07, 6.45) is 6.50. The number of hydrogen-bond acceptors (Lipinski definition) is 4. The van der Waals surface area contributed by atoms with Gasteiger partial charge in [-0.2, -0.15) is 5.10 Å². The number of carboxylic acid groups (broad SMARTS) is 1. The highest BCUT2D eigenvalue weighted by atomic mass is 32.1. The van der Waals surface area contributed by atoms with E-state index in [4.69, 9.17) is 0 Å². The normalized spacial score (nSPS) is 18.1. The molecule has 2 aromatic rings. The lowest BCUT2D eigenvalue weighted by atomic mass is 9.91. The van der Waals surface area contributed by atoms with Crippen LogP contribution in [0, 0.1) is 13.8 Å². The highest BCUT2D eigenvalue weighted by Gasteiger charge is 2.29. The molecule has 1 unspecified atom stereocenters. The van der Waals surface area contributed by atoms with E-state index in [1.807, 2.05) is 26.0 Å². The minimum absolute atomic E-state index is 0.440. The average molecular weight is 303 g/mol. The average Bonchev–Trinajstić information content (AvgIpc) is 3.00. The molecule has 0 aromatic carbocycles. The predicted octanol–water partition coefficient (Wildman–Crippen LogP) is 3.16. The van der Waals surface area contributed by atoms with Crippen molar-refractivity contribution in [3.63, 3.8) is 0 Å². The Labute approximate surface area is 126 Å². The van der Waals surface area contributed by atoms with Crippen LogP contribution in [0.4, 0.5) is 0 Å². The van der Waals surface area contributed by atoms with Crippen molar-refractivity contribution in [3.05, 3.63) is 32.5 Å². The maximum atomic E-state index is 11.3. The van der Waals surface area contributed by atoms with E-state index in [2.05, 4.69) is 15.2 Å². The van der Waals surface area contributed by atoms with Crippen LogP contribution in [0.3, 0.4) is 0 Å². The number of thiazole rings is 1. The van der Waals surface area contributed by atoms with Gasteiger partial charge in [-0.3, -0.25) is 9.89 Å². The number of carbonyl (C=O) groups is 1. The Morgan fingerprint density at radius 2 is 2.24 bits per heavy atom. The van der Waals surface area contributed by atoms with E-state index >= 15 is 0 Å². The molecular weight excluding hydrogens is 286 g/mol. The van der Waals surface area contributed by atoms with Gasteiger partial charge in [-0.25, -0.2) is 4.98 Å². The van der Waals surface area contributed by atoms with Crippen molar-refractivity contribution in [2.75, 3.05) is 0 Å². The number of aromatic nitrogens is 3. The summed E-state index contributed by atoms with van der Waals surface area (Å²) in [6.45, 7) is 3.93. The number of H-pyrrole nitrogens is 1. The molecule has 0 amide bonds. The van der Waals surface area contributed by atoms with Crippen molar-refractivity contribution >= 4 is 29.5 Å². The number of carboxylic acids is 1. The quantitative estimate of drug-likeness (QED) is 0.913. The first kappa shape index (κ1) is 14.0. The third kappa shape index (κ3) is 2.63. The summed E-state index contributed by atoms with van der Waals surface area (Å²) < 4.78 is 0. The fourth-order valence-corrected chi connectivity index (χ4v) is 3.78. The molecule has 1 atom stereocenters. The largest absolute Gasteiger partial charge is 0.481 e. The minimum Gasteiger partial charge on any atom is -0.481 e. The Hall–Kier alpha value is -1.95. The van der Waals surface area contributed by atoms with Crippen LogP contribution in [-0.2, 0) is 11.2 Å². The van der Waals surface area contributed by atoms with Crippen molar-refractivity contribution in [3.8, 4) is 0 Å². The lowest BCUT2D eigenvalue weighted by molar-refractivity contribution is -0.139. The predicted molar refractivity (Wildman–Crippen MR) is 82.4 cm³/mol. The molecular formula is C15H17N3O2S. The summed E-state index contributed by atoms with van der Waals surface area (Å²) in [4.78, 5) is 16.9. The lowest BCUT2D eigenvalue weighted by Crippen LogP contribution is -2.17. The summed E-state index contributed by atoms with van der Waals surface area (Å²) in [5, 5.41) is 17.3. The molecule has 2 heterocycles. The maximum absolute atomic E-state index is 11.3. The Balaban J connectivity index is 1.90. The number of aryl methyl sites for hydroxylation is 3. The van der Waals surface area contributed by atoms with E-state index < -0.39 is 11.9 Å². The van der Waals surface area contributed by atoms with Gasteiger partial charge in [-0.05, 0) is 45.3 Å². The smallest absolute Gasteiger partial charge is 0.312 e. The first-order chi connectivity index (χ1) is 10.1. The standard InChI is InChI=1S/C15H17N3O2S/c1-8-10(9(2)18-17-8)6-7-13-16-14-11(15(19)20)4-3-5-12(14)21-13/h6-7,11H,3-5H2,1-2H3,(H,17,18)(H,19,20)/b7-6+. The summed E-state index contributed by atoms with van der Waals surface area (Å²) in [5.74, 6) is -1.21. The van der Waals surface area contributed by atoms with Gasteiger partial charge in [0.05, 0.1) is 17.3 Å². The van der Waals surface area contributed by atoms with E-state index in [0.717, 1.165) is 45.4 Å². The van der Waals surface area contributed by atoms with Crippen LogP contribution in [-0.4, -0.2) is 26.3 Å². The van der Waals surface area contributed by atoms with Gasteiger partial charge in [-0.15, -0.1) is 11.3 Å². The maximum Gasteiger partial charge on any atom is 0.312 e. The lowest BCUT2D eigenvalue weighted by Gasteiger charge is -2.16. The number of nitrogens with zero attached hydrogens (tertiary/aromatic N) is 2. The highest BCUT2D eigenvalue weighted by molar-refractivity contribution is 7.12. The van der Waals surface area contributed by atoms with Gasteiger partial charge < -0.3 is 5.11 Å². The molecule has 0 saturated heterocycles. The van der Waals surface area contributed by atoms with E-state index in [0.29, 0.717) is 6.42 Å². The van der Waals surface area contributed by atoms with Gasteiger partial charge in [0, 0.05) is 16.1 Å². The van der Waals surface area contributed by atoms with Gasteiger partial charge in [0.2, 0.25) is 0 Å². The molecule has 1 aliphatic rings. The van der Waals surface area contributed by atoms with Crippen LogP contribution in [0.25, 0.3) is 12.2 Å². The minimum atomic E-state index is -0.765. The fraction of sp³-hybridized carbons (Fsp3) is 0.400. The molecule has 110 valence electrons. The zero-order valence-electron chi connectivity index (χ0n) is 12.0. The summed E-state index contributed by atoms with van der Waals surface area (Å²) in [7, 11) is 0. The second kappa shape index (κ2) is 5.44. The van der Waals surface area contributed by atoms with E-state index in [1.165, 1.54) is 0 Å². The van der Waals surface area contributed by atoms with E-state index in [1.54, 1.807) is 11.3 Å². The van der Waals surface area contributed by atoms with Gasteiger partial charge >= 0.3 is 5.97 Å². The van der Waals surface area contributed by atoms with Crippen LogP contribution in [0.2, 0.25) is 0 Å². The van der Waals surface area contributed by atoms with Crippen molar-refractivity contribution in [1.29, 1.82) is 0 Å². The summed E-state index contributed by atoms with van der Waals surface area (Å²) >= 11 is 1.60. The molecule has 0 aliphatic heterocycles. The SMILES string of the molecule is Cc1n[nH]c(C)c1/C=C/c1nc2c(s1)CCCC2C(=O)O. The number of rotatable bonds is 3. The second-order valence-electron chi connectivity index (χ2n) is 5.32. The van der Waals surface area contributed by atoms with Crippen molar-refractivity contribution < 1.29 is 9.90 Å². The zero-order valence-corrected chi connectivity index (χ0v) is 12.8. The monoisotopic (exact) mass is 303 g/mol. The second-order valence-corrected chi connectivity index (χ2v) is 6.44. The Morgan fingerprint density at radius 1 is 1.43 bits per heavy atom. The summed E-state index contributed by atoms with van der Waals surface area (Å²) in [5.41, 5.74) is 3.80. The van der Waals surface area contributed by atoms with Crippen molar-refractivity contribution in [2.24, 2.45) is 0 Å². The Morgan fingerprint density at radius 3 is 2.90 bits per heavy atom. The molecule has 21 heavy (non-hydrogen) atoms. The van der Waals surface area contributed by atoms with Crippen LogP contribution in [0.1, 0.15) is 51.3 Å². The number of aromatic amines is 1. The molecule has 0 fully saturated rings. The third-order valence-electron chi connectivity index (χ3n) is 3.85. The van der Waals surface area contributed by atoms with Crippen LogP contribution in [0.15, 0.2) is 0 Å². The first-order valence-corrected chi connectivity index (χ1v) is 7.80. The van der Waals surface area contributed by atoms with Gasteiger partial charge in [0.25, 0.3) is 0 Å². The Kier molecular flexibility index (Phi) is 3.63. The topological polar surface area (TPSA) is 78.9 Å². The molecule has 3 rings (SSSR count). The van der Waals surface area contributed by atoms with Gasteiger partial charge in [0.1, 0.15) is 5.01 Å². The molecule has 2 aromatic heterocycles. The molecule has 5 nitrogen and oxygen atoms in total. The molecule has 0 spiro atoms. The van der Waals surface area contributed by atoms with Crippen LogP contribution >= 0.6 is 11.3 Å². The number of fused-ring (bicyclic) bond motifs is 1. The molecule has 0 bridgehead atoms. The molecule has 6 heteroatoms. The number of aliphatic carboxylic acids is 1. The van der Waals surface area contributed by atoms with Crippen molar-refractivity contribution in [1.82, 2.24) is 15.2 Å². The summed E-state index contributed by atoms with van der Waals surface area (Å²) in [6, 6.07) is 0. The van der Waals surface area contributed by atoms with Crippen molar-refractivity contribution in [2.45, 2.75) is 39.0 Å². The number of hydrogen-bond donors (Lipinski definition) is 2. The Bertz CT molecular complexity index is 695. The van der Waals surface area contributed by atoms with Crippen LogP contribution in [0.5, 0.6) is 0 Å². The fourth-order valence-electron chi connectivity index (χ4n) is 2.71. The van der Waals surface area contributed by atoms with Crippen LogP contribution < -0.4 is 0 Å². The molecule has 1 aliphatic carbocycles. The van der Waals surface area contributed by atoms with Gasteiger partial charge in [-0.1, -0.05) is 0 Å². The molecule has 2 N–H and O–H groups in total. The molecule has 0 saturated carbocycles. The molecule has 0 radical (unpaired) electrons. The van der Waals surface area contributed by atoms with E-state index in [9.17, 15) is 9.90 Å². The highest BCUT2D eigenvalue weighted by Crippen LogP contribution is 2.35. The zero-order chi connectivity index (χ0) is 15.0. The number of nitrogens with one attached hydrogen (secondary N) is 1. The first-order valence-electron chi connectivity index (χ1n) is 6.98. The van der Waals surface area contributed by atoms with E-state index in [-0.39, 0.29) is 0 Å². The van der Waals surface area contributed by atoms with Gasteiger partial charge in [0.15, 0.2) is 0 Å².